The van der Waals surface area contributed by atoms with Crippen molar-refractivity contribution in [1.29, 1.82) is 0 Å². The zero-order valence-corrected chi connectivity index (χ0v) is 7.63. The van der Waals surface area contributed by atoms with E-state index in [0.29, 0.717) is 12.9 Å². The first-order chi connectivity index (χ1) is 5.97. The lowest BCUT2D eigenvalue weighted by molar-refractivity contribution is -0.158. The fraction of sp³-hybridized carbons (Fsp3) is 1.00. The van der Waals surface area contributed by atoms with Crippen molar-refractivity contribution in [2.75, 3.05) is 13.4 Å². The zero-order chi connectivity index (χ0) is 8.23. The molecule has 70 valence electrons. The Morgan fingerprint density at radius 3 is 2.42 bits per heavy atom. The molecule has 0 radical (unpaired) electrons. The van der Waals surface area contributed by atoms with Crippen LogP contribution in [-0.2, 0) is 9.47 Å². The molecule has 2 rings (SSSR count). The maximum atomic E-state index is 5.60. The van der Waals surface area contributed by atoms with Gasteiger partial charge in [-0.1, -0.05) is 19.3 Å². The van der Waals surface area contributed by atoms with Crippen LogP contribution in [0.15, 0.2) is 0 Å². The smallest absolute Gasteiger partial charge is 0.147 e. The number of ether oxygens (including phenoxy) is 2. The highest BCUT2D eigenvalue weighted by molar-refractivity contribution is 4.75. The molecule has 2 aliphatic rings. The number of hydrogen-bond acceptors (Lipinski definition) is 2. The average molecular weight is 170 g/mol. The quantitative estimate of drug-likeness (QED) is 0.601. The number of rotatable bonds is 1. The van der Waals surface area contributed by atoms with Crippen molar-refractivity contribution in [3.8, 4) is 0 Å². The molecule has 0 aromatic carbocycles. The predicted octanol–water partition coefficient (Wildman–Crippen LogP) is 2.33. The van der Waals surface area contributed by atoms with Crippen LogP contribution in [-0.4, -0.2) is 19.5 Å². The summed E-state index contributed by atoms with van der Waals surface area (Å²) in [5, 5.41) is 0. The molecule has 1 heterocycles. The van der Waals surface area contributed by atoms with Gasteiger partial charge in [-0.2, -0.15) is 0 Å². The predicted molar refractivity (Wildman–Crippen MR) is 46.9 cm³/mol. The van der Waals surface area contributed by atoms with Crippen LogP contribution in [0.4, 0.5) is 0 Å². The molecule has 0 bridgehead atoms. The molecule has 0 N–H and O–H groups in total. The van der Waals surface area contributed by atoms with E-state index >= 15 is 0 Å². The van der Waals surface area contributed by atoms with Crippen molar-refractivity contribution < 1.29 is 9.47 Å². The molecule has 0 aromatic heterocycles. The largest absolute Gasteiger partial charge is 0.355 e. The summed E-state index contributed by atoms with van der Waals surface area (Å²) in [6.45, 7) is 1.43. The van der Waals surface area contributed by atoms with Gasteiger partial charge in [0.2, 0.25) is 0 Å². The van der Waals surface area contributed by atoms with E-state index in [0.717, 1.165) is 18.9 Å². The molecule has 12 heavy (non-hydrogen) atoms. The Hall–Kier alpha value is -0.0800. The standard InChI is InChI=1S/C10H18O2/c1-2-4-9(5-3-1)10-6-7-11-8-12-10/h9-10H,1-8H2. The van der Waals surface area contributed by atoms with Crippen molar-refractivity contribution in [3.63, 3.8) is 0 Å². The third-order valence-electron chi connectivity index (χ3n) is 3.09. The van der Waals surface area contributed by atoms with E-state index < -0.39 is 0 Å². The molecule has 0 aromatic rings. The van der Waals surface area contributed by atoms with Crippen molar-refractivity contribution in [2.45, 2.75) is 44.6 Å². The van der Waals surface area contributed by atoms with Gasteiger partial charge in [0.25, 0.3) is 0 Å². The molecule has 2 nitrogen and oxygen atoms in total. The van der Waals surface area contributed by atoms with Gasteiger partial charge in [-0.25, -0.2) is 0 Å². The van der Waals surface area contributed by atoms with E-state index in [1.807, 2.05) is 0 Å². The molecule has 0 spiro atoms. The Morgan fingerprint density at radius 1 is 0.917 bits per heavy atom. The first-order valence-corrected chi connectivity index (χ1v) is 5.16. The first kappa shape index (κ1) is 8.52. The van der Waals surface area contributed by atoms with E-state index in [4.69, 9.17) is 9.47 Å². The highest BCUT2D eigenvalue weighted by Crippen LogP contribution is 2.30. The summed E-state index contributed by atoms with van der Waals surface area (Å²) in [5.41, 5.74) is 0. The third kappa shape index (κ3) is 1.99. The summed E-state index contributed by atoms with van der Waals surface area (Å²) < 4.78 is 10.8. The van der Waals surface area contributed by atoms with Crippen LogP contribution in [0.3, 0.4) is 0 Å². The van der Waals surface area contributed by atoms with E-state index in [9.17, 15) is 0 Å². The minimum Gasteiger partial charge on any atom is -0.355 e. The van der Waals surface area contributed by atoms with Crippen LogP contribution >= 0.6 is 0 Å². The molecule has 1 saturated heterocycles. The molecule has 0 amide bonds. The average Bonchev–Trinajstić information content (AvgIpc) is 2.21. The van der Waals surface area contributed by atoms with Crippen molar-refractivity contribution in [1.82, 2.24) is 0 Å². The van der Waals surface area contributed by atoms with Gasteiger partial charge >= 0.3 is 0 Å². The van der Waals surface area contributed by atoms with Crippen LogP contribution in [0.25, 0.3) is 0 Å². The molecule has 1 aliphatic carbocycles. The maximum absolute atomic E-state index is 5.60. The Labute approximate surface area is 74.2 Å². The van der Waals surface area contributed by atoms with E-state index in [1.54, 1.807) is 0 Å². The number of hydrogen-bond donors (Lipinski definition) is 0. The highest BCUT2D eigenvalue weighted by atomic mass is 16.7. The van der Waals surface area contributed by atoms with Crippen molar-refractivity contribution in [2.24, 2.45) is 5.92 Å². The Morgan fingerprint density at radius 2 is 1.75 bits per heavy atom. The van der Waals surface area contributed by atoms with Crippen LogP contribution < -0.4 is 0 Å². The minimum absolute atomic E-state index is 0.513. The molecular weight excluding hydrogens is 152 g/mol. The molecule has 2 fully saturated rings. The zero-order valence-electron chi connectivity index (χ0n) is 7.63. The molecule has 1 saturated carbocycles. The van der Waals surface area contributed by atoms with Crippen molar-refractivity contribution >= 4 is 0 Å². The van der Waals surface area contributed by atoms with Gasteiger partial charge in [-0.3, -0.25) is 0 Å². The second-order valence-corrected chi connectivity index (χ2v) is 3.92. The highest BCUT2D eigenvalue weighted by Gasteiger charge is 2.25. The summed E-state index contributed by atoms with van der Waals surface area (Å²) in [6.07, 6.45) is 8.63. The summed E-state index contributed by atoms with van der Waals surface area (Å²) >= 11 is 0. The molecule has 1 atom stereocenters. The SMILES string of the molecule is C1CCC(C2CCOCO2)CC1. The lowest BCUT2D eigenvalue weighted by Crippen LogP contribution is -2.32. The topological polar surface area (TPSA) is 18.5 Å². The van der Waals surface area contributed by atoms with Gasteiger partial charge in [0.15, 0.2) is 0 Å². The van der Waals surface area contributed by atoms with Crippen molar-refractivity contribution in [3.05, 3.63) is 0 Å². The molecule has 2 heteroatoms. The van der Waals surface area contributed by atoms with Gasteiger partial charge in [-0.05, 0) is 25.2 Å². The minimum atomic E-state index is 0.513. The summed E-state index contributed by atoms with van der Waals surface area (Å²) in [4.78, 5) is 0. The Kier molecular flexibility index (Phi) is 3.01. The van der Waals surface area contributed by atoms with Crippen LogP contribution in [0.1, 0.15) is 38.5 Å². The lowest BCUT2D eigenvalue weighted by Gasteiger charge is -2.32. The normalized spacial score (nSPS) is 33.5. The molecular formula is C10H18O2. The fourth-order valence-electron chi connectivity index (χ4n) is 2.35. The third-order valence-corrected chi connectivity index (χ3v) is 3.09. The van der Waals surface area contributed by atoms with E-state index in [1.165, 1.54) is 32.1 Å². The first-order valence-electron chi connectivity index (χ1n) is 5.16. The Balaban J connectivity index is 1.80. The van der Waals surface area contributed by atoms with Crippen LogP contribution in [0.2, 0.25) is 0 Å². The van der Waals surface area contributed by atoms with Gasteiger partial charge in [0.05, 0.1) is 12.7 Å². The fourth-order valence-corrected chi connectivity index (χ4v) is 2.35. The second kappa shape index (κ2) is 4.24. The summed E-state index contributed by atoms with van der Waals surface area (Å²) in [5.74, 6) is 0.836. The van der Waals surface area contributed by atoms with Crippen LogP contribution in [0, 0.1) is 5.92 Å². The van der Waals surface area contributed by atoms with Gasteiger partial charge in [-0.15, -0.1) is 0 Å². The van der Waals surface area contributed by atoms with Gasteiger partial charge < -0.3 is 9.47 Å². The van der Waals surface area contributed by atoms with Gasteiger partial charge in [0, 0.05) is 0 Å². The maximum Gasteiger partial charge on any atom is 0.147 e. The van der Waals surface area contributed by atoms with Crippen LogP contribution in [0.5, 0.6) is 0 Å². The molecule has 1 aliphatic heterocycles. The lowest BCUT2D eigenvalue weighted by atomic mass is 9.84. The van der Waals surface area contributed by atoms with Gasteiger partial charge in [0.1, 0.15) is 6.79 Å². The Bertz CT molecular complexity index is 108. The van der Waals surface area contributed by atoms with E-state index in [2.05, 4.69) is 0 Å². The summed E-state index contributed by atoms with van der Waals surface area (Å²) in [6, 6.07) is 0. The second-order valence-electron chi connectivity index (χ2n) is 3.92. The monoisotopic (exact) mass is 170 g/mol. The van der Waals surface area contributed by atoms with E-state index in [-0.39, 0.29) is 0 Å². The molecule has 1 unspecified atom stereocenters. The summed E-state index contributed by atoms with van der Waals surface area (Å²) in [7, 11) is 0.